The fourth-order valence-corrected chi connectivity index (χ4v) is 3.78. The smallest absolute Gasteiger partial charge is 0.283 e. The molecule has 34 heavy (non-hydrogen) atoms. The number of nitrogens with zero attached hydrogens (tertiary/aromatic N) is 4. The van der Waals surface area contributed by atoms with Crippen molar-refractivity contribution in [3.63, 3.8) is 0 Å². The summed E-state index contributed by atoms with van der Waals surface area (Å²) in [7, 11) is 0. The molecule has 0 saturated heterocycles. The molecule has 1 atom stereocenters. The van der Waals surface area contributed by atoms with Gasteiger partial charge in [0.25, 0.3) is 10.5 Å². The van der Waals surface area contributed by atoms with E-state index in [0.29, 0.717) is 16.8 Å². The Bertz CT molecular complexity index is 1150. The highest BCUT2D eigenvalue weighted by molar-refractivity contribution is 7.97. The van der Waals surface area contributed by atoms with Crippen molar-refractivity contribution in [2.75, 3.05) is 11.4 Å². The van der Waals surface area contributed by atoms with Crippen molar-refractivity contribution >= 4 is 64.6 Å². The quantitative estimate of drug-likeness (QED) is 0.319. The van der Waals surface area contributed by atoms with Crippen molar-refractivity contribution in [2.24, 2.45) is 5.73 Å². The topological polar surface area (TPSA) is 114 Å². The van der Waals surface area contributed by atoms with E-state index in [1.807, 2.05) is 0 Å². The average Bonchev–Trinajstić information content (AvgIpc) is 3.21. The summed E-state index contributed by atoms with van der Waals surface area (Å²) in [4.78, 5) is 26.2. The Labute approximate surface area is 214 Å². The third-order valence-electron chi connectivity index (χ3n) is 4.50. The summed E-state index contributed by atoms with van der Waals surface area (Å²) in [5, 5.41) is 14.6. The van der Waals surface area contributed by atoms with Gasteiger partial charge in [-0.1, -0.05) is 54.5 Å². The molecule has 0 radical (unpaired) electrons. The molecule has 14 heteroatoms. The van der Waals surface area contributed by atoms with Crippen LogP contribution in [0.4, 0.5) is 24.1 Å². The Balaban J connectivity index is 0.000000945. The van der Waals surface area contributed by atoms with E-state index in [4.69, 9.17) is 28.0 Å². The minimum Gasteiger partial charge on any atom is -0.383 e. The summed E-state index contributed by atoms with van der Waals surface area (Å²) in [6.07, 6.45) is 2.48. The zero-order valence-electron chi connectivity index (χ0n) is 17.3. The van der Waals surface area contributed by atoms with E-state index in [-0.39, 0.29) is 30.1 Å². The van der Waals surface area contributed by atoms with E-state index in [1.54, 1.807) is 6.07 Å². The molecule has 2 amide bonds. The standard InChI is InChI=1S/C19H16Cl2F2N4O2S.CH3NOS/c20-12-1-4-17(15(21)7-12)27(18(28)30)6-5-19(29,9-26-11-24-10-25-26)14-3-2-13(22)8-16(14)23;2-1(3)4/h1-4,7-8,10-11,29H,5-6,9H2,(H,28,30);(H3,2,3,4)/t19-;/m0./s1. The Morgan fingerprint density at radius 3 is 2.38 bits per heavy atom. The summed E-state index contributed by atoms with van der Waals surface area (Å²) < 4.78 is 29.2. The summed E-state index contributed by atoms with van der Waals surface area (Å²) in [5.74, 6) is -1.70. The first-order valence-corrected chi connectivity index (χ1v) is 11.0. The molecule has 182 valence electrons. The molecule has 2 aromatic carbocycles. The molecule has 0 aliphatic heterocycles. The van der Waals surface area contributed by atoms with E-state index >= 15 is 0 Å². The number of primary amides is 1. The van der Waals surface area contributed by atoms with Crippen LogP contribution < -0.4 is 10.6 Å². The zero-order chi connectivity index (χ0) is 25.5. The lowest BCUT2D eigenvalue weighted by molar-refractivity contribution is 0.00532. The molecule has 0 fully saturated rings. The predicted molar refractivity (Wildman–Crippen MR) is 132 cm³/mol. The number of carbonyl (C=O) groups excluding carboxylic acids is 2. The Morgan fingerprint density at radius 1 is 1.18 bits per heavy atom. The monoisotopic (exact) mass is 549 g/mol. The van der Waals surface area contributed by atoms with Gasteiger partial charge in [-0.05, 0) is 24.3 Å². The number of aliphatic hydroxyl groups is 1. The van der Waals surface area contributed by atoms with Gasteiger partial charge in [0.05, 0.1) is 17.3 Å². The Hall–Kier alpha value is -2.38. The van der Waals surface area contributed by atoms with E-state index < -0.39 is 27.7 Å². The normalized spacial score (nSPS) is 12.3. The second-order valence-corrected chi connectivity index (χ2v) is 8.53. The molecule has 1 heterocycles. The fourth-order valence-electron chi connectivity index (χ4n) is 3.06. The molecular weight excluding hydrogens is 531 g/mol. The first-order chi connectivity index (χ1) is 15.9. The number of hydrogen-bond donors (Lipinski definition) is 4. The summed E-state index contributed by atoms with van der Waals surface area (Å²) in [6.45, 7) is -0.260. The molecule has 0 aliphatic rings. The molecule has 3 N–H and O–H groups in total. The van der Waals surface area contributed by atoms with E-state index in [0.717, 1.165) is 12.1 Å². The third-order valence-corrected chi connectivity index (χ3v) is 5.28. The minimum atomic E-state index is -1.84. The van der Waals surface area contributed by atoms with E-state index in [2.05, 4.69) is 41.1 Å². The van der Waals surface area contributed by atoms with Gasteiger partial charge in [-0.25, -0.2) is 18.4 Å². The average molecular weight is 550 g/mol. The summed E-state index contributed by atoms with van der Waals surface area (Å²) in [5.41, 5.74) is 2.67. The van der Waals surface area contributed by atoms with Crippen LogP contribution in [0.25, 0.3) is 0 Å². The molecule has 1 aromatic heterocycles. The van der Waals surface area contributed by atoms with Crippen molar-refractivity contribution < 1.29 is 23.5 Å². The molecule has 8 nitrogen and oxygen atoms in total. The van der Waals surface area contributed by atoms with Gasteiger partial charge in [-0.2, -0.15) is 5.10 Å². The van der Waals surface area contributed by atoms with Crippen molar-refractivity contribution in [1.29, 1.82) is 0 Å². The number of aromatic nitrogens is 3. The Morgan fingerprint density at radius 2 is 1.85 bits per heavy atom. The maximum absolute atomic E-state index is 14.5. The van der Waals surface area contributed by atoms with E-state index in [1.165, 1.54) is 34.4 Å². The van der Waals surface area contributed by atoms with Gasteiger partial charge >= 0.3 is 0 Å². The number of nitrogens with two attached hydrogens (primary N) is 1. The number of amides is 2. The van der Waals surface area contributed by atoms with Crippen molar-refractivity contribution in [2.45, 2.75) is 18.6 Å². The molecule has 0 spiro atoms. The zero-order valence-corrected chi connectivity index (χ0v) is 20.6. The van der Waals surface area contributed by atoms with Crippen LogP contribution in [0.2, 0.25) is 10.0 Å². The highest BCUT2D eigenvalue weighted by Gasteiger charge is 2.34. The van der Waals surface area contributed by atoms with Crippen LogP contribution in [-0.2, 0) is 12.1 Å². The SMILES string of the molecule is NC(=O)S.O=C(S)N(CC[C@](O)(Cn1cncn1)c1ccc(F)cc1F)c1ccc(Cl)cc1Cl. The fraction of sp³-hybridized carbons (Fsp3) is 0.200. The maximum Gasteiger partial charge on any atom is 0.283 e. The van der Waals surface area contributed by atoms with Crippen molar-refractivity contribution in [1.82, 2.24) is 14.8 Å². The number of thiol groups is 2. The number of hydrogen-bond acceptors (Lipinski definition) is 5. The first-order valence-electron chi connectivity index (χ1n) is 9.37. The lowest BCUT2D eigenvalue weighted by atomic mass is 9.89. The highest BCUT2D eigenvalue weighted by Crippen LogP contribution is 2.34. The van der Waals surface area contributed by atoms with Crippen LogP contribution in [0.3, 0.4) is 0 Å². The molecule has 0 aliphatic carbocycles. The Kier molecular flexibility index (Phi) is 10.1. The lowest BCUT2D eigenvalue weighted by Crippen LogP contribution is -2.38. The van der Waals surface area contributed by atoms with Crippen molar-refractivity contribution in [3.8, 4) is 0 Å². The number of halogens is 4. The second kappa shape index (κ2) is 12.4. The van der Waals surface area contributed by atoms with Gasteiger partial charge < -0.3 is 15.7 Å². The molecule has 3 rings (SSSR count). The van der Waals surface area contributed by atoms with Crippen LogP contribution >= 0.6 is 48.5 Å². The molecular formula is C20H19Cl2F2N5O3S2. The minimum absolute atomic E-state index is 0.0777. The number of rotatable bonds is 7. The molecule has 3 aromatic rings. The van der Waals surface area contributed by atoms with E-state index in [9.17, 15) is 18.7 Å². The first kappa shape index (κ1) is 27.9. The van der Waals surface area contributed by atoms with Gasteiger partial charge in [0.1, 0.15) is 29.9 Å². The number of anilines is 1. The van der Waals surface area contributed by atoms with Gasteiger partial charge in [0, 0.05) is 29.6 Å². The number of benzene rings is 2. The lowest BCUT2D eigenvalue weighted by Gasteiger charge is -2.32. The van der Waals surface area contributed by atoms with Crippen LogP contribution in [-0.4, -0.2) is 36.9 Å². The van der Waals surface area contributed by atoms with Crippen LogP contribution in [0.1, 0.15) is 12.0 Å². The maximum atomic E-state index is 14.5. The largest absolute Gasteiger partial charge is 0.383 e. The van der Waals surface area contributed by atoms with Crippen LogP contribution in [0.15, 0.2) is 49.1 Å². The van der Waals surface area contributed by atoms with Gasteiger partial charge in [-0.15, -0.1) is 0 Å². The van der Waals surface area contributed by atoms with Crippen molar-refractivity contribution in [3.05, 3.63) is 76.3 Å². The number of carbonyl (C=O) groups is 2. The van der Waals surface area contributed by atoms with Gasteiger partial charge in [-0.3, -0.25) is 9.59 Å². The molecule has 0 bridgehead atoms. The van der Waals surface area contributed by atoms with Gasteiger partial charge in [0.2, 0.25) is 0 Å². The highest BCUT2D eigenvalue weighted by atomic mass is 35.5. The summed E-state index contributed by atoms with van der Waals surface area (Å²) >= 11 is 19.1. The van der Waals surface area contributed by atoms with Gasteiger partial charge in [0.15, 0.2) is 0 Å². The molecule has 0 unspecified atom stereocenters. The van der Waals surface area contributed by atoms with Crippen LogP contribution in [0.5, 0.6) is 0 Å². The predicted octanol–water partition coefficient (Wildman–Crippen LogP) is 4.69. The summed E-state index contributed by atoms with van der Waals surface area (Å²) in [6, 6.07) is 7.43. The third kappa shape index (κ3) is 7.84. The molecule has 0 saturated carbocycles. The second-order valence-electron chi connectivity index (χ2n) is 6.87. The van der Waals surface area contributed by atoms with Crippen LogP contribution in [0, 0.1) is 11.6 Å².